The molecule has 0 radical (unpaired) electrons. The highest BCUT2D eigenvalue weighted by Gasteiger charge is 2.23. The summed E-state index contributed by atoms with van der Waals surface area (Å²) in [5, 5.41) is 5.80. The smallest absolute Gasteiger partial charge is 0.315 e. The van der Waals surface area contributed by atoms with E-state index in [2.05, 4.69) is 15.6 Å². The van der Waals surface area contributed by atoms with E-state index in [1.165, 1.54) is 0 Å². The fraction of sp³-hybridized carbons (Fsp3) is 0.692. The number of carbonyl (C=O) groups is 1. The molecule has 1 unspecified atom stereocenters. The molecular formula is C13H24N4O2. The first-order valence-corrected chi connectivity index (χ1v) is 6.60. The van der Waals surface area contributed by atoms with E-state index >= 15 is 0 Å². The van der Waals surface area contributed by atoms with Crippen molar-refractivity contribution >= 4 is 6.03 Å². The number of rotatable bonds is 8. The van der Waals surface area contributed by atoms with Crippen molar-refractivity contribution in [2.45, 2.75) is 38.8 Å². The van der Waals surface area contributed by atoms with Gasteiger partial charge < -0.3 is 19.9 Å². The van der Waals surface area contributed by atoms with Crippen LogP contribution in [-0.2, 0) is 11.3 Å². The lowest BCUT2D eigenvalue weighted by Gasteiger charge is -2.28. The zero-order chi connectivity index (χ0) is 14.1. The van der Waals surface area contributed by atoms with Crippen LogP contribution in [0.15, 0.2) is 18.7 Å². The van der Waals surface area contributed by atoms with Gasteiger partial charge in [0, 0.05) is 32.6 Å². The second-order valence-electron chi connectivity index (χ2n) is 4.88. The highest BCUT2D eigenvalue weighted by atomic mass is 16.5. The number of hydrogen-bond acceptors (Lipinski definition) is 3. The van der Waals surface area contributed by atoms with Gasteiger partial charge in [-0.2, -0.15) is 0 Å². The van der Waals surface area contributed by atoms with Gasteiger partial charge in [-0.15, -0.1) is 0 Å². The summed E-state index contributed by atoms with van der Waals surface area (Å²) in [5.41, 5.74) is -0.316. The minimum atomic E-state index is -0.316. The van der Waals surface area contributed by atoms with Crippen LogP contribution in [0.1, 0.15) is 26.7 Å². The third-order valence-corrected chi connectivity index (χ3v) is 3.10. The van der Waals surface area contributed by atoms with Crippen LogP contribution in [0, 0.1) is 0 Å². The molecule has 0 spiro atoms. The Morgan fingerprint density at radius 1 is 1.53 bits per heavy atom. The van der Waals surface area contributed by atoms with Gasteiger partial charge in [0.15, 0.2) is 0 Å². The predicted molar refractivity (Wildman–Crippen MR) is 74.0 cm³/mol. The van der Waals surface area contributed by atoms with Gasteiger partial charge in [0.1, 0.15) is 0 Å². The number of ether oxygens (including phenoxy) is 1. The van der Waals surface area contributed by atoms with E-state index < -0.39 is 0 Å². The molecule has 0 aromatic carbocycles. The molecule has 1 atom stereocenters. The molecule has 1 aromatic heterocycles. The minimum absolute atomic E-state index is 0.146. The molecule has 19 heavy (non-hydrogen) atoms. The lowest BCUT2D eigenvalue weighted by atomic mass is 10.0. The number of amides is 2. The number of urea groups is 1. The lowest BCUT2D eigenvalue weighted by molar-refractivity contribution is 0.119. The van der Waals surface area contributed by atoms with Crippen LogP contribution in [0.5, 0.6) is 0 Å². The van der Waals surface area contributed by atoms with Crippen molar-refractivity contribution in [1.29, 1.82) is 0 Å². The van der Waals surface area contributed by atoms with Gasteiger partial charge >= 0.3 is 6.03 Å². The molecular weight excluding hydrogens is 244 g/mol. The average Bonchev–Trinajstić information content (AvgIpc) is 2.88. The molecule has 2 amide bonds. The molecule has 0 fully saturated rings. The third-order valence-electron chi connectivity index (χ3n) is 3.10. The molecule has 0 aliphatic rings. The van der Waals surface area contributed by atoms with Crippen molar-refractivity contribution < 1.29 is 9.53 Å². The highest BCUT2D eigenvalue weighted by molar-refractivity contribution is 5.74. The van der Waals surface area contributed by atoms with Crippen LogP contribution in [0.3, 0.4) is 0 Å². The van der Waals surface area contributed by atoms with E-state index in [1.807, 2.05) is 24.6 Å². The molecule has 1 heterocycles. The number of hydrogen-bond donors (Lipinski definition) is 2. The molecule has 108 valence electrons. The summed E-state index contributed by atoms with van der Waals surface area (Å²) in [4.78, 5) is 15.7. The largest absolute Gasteiger partial charge is 0.382 e. The quantitative estimate of drug-likeness (QED) is 0.700. The number of nitrogens with one attached hydrogen (secondary N) is 2. The Bertz CT molecular complexity index is 367. The number of methoxy groups -OCH3 is 1. The van der Waals surface area contributed by atoms with E-state index in [0.717, 1.165) is 19.4 Å². The maximum atomic E-state index is 11.8. The van der Waals surface area contributed by atoms with E-state index in [1.54, 1.807) is 19.6 Å². The minimum Gasteiger partial charge on any atom is -0.382 e. The molecule has 6 nitrogen and oxygen atoms in total. The molecule has 1 aromatic rings. The Hall–Kier alpha value is -1.56. The Balaban J connectivity index is 2.20. The van der Waals surface area contributed by atoms with E-state index in [0.29, 0.717) is 13.2 Å². The molecule has 1 rings (SSSR count). The maximum Gasteiger partial charge on any atom is 0.315 e. The van der Waals surface area contributed by atoms with Gasteiger partial charge in [0.2, 0.25) is 0 Å². The summed E-state index contributed by atoms with van der Waals surface area (Å²) >= 11 is 0. The normalized spacial score (nSPS) is 13.8. The summed E-state index contributed by atoms with van der Waals surface area (Å²) in [5.74, 6) is 0. The summed E-state index contributed by atoms with van der Waals surface area (Å²) in [6.45, 7) is 5.99. The predicted octanol–water partition coefficient (Wildman–Crippen LogP) is 1.39. The first kappa shape index (κ1) is 15.5. The molecule has 0 saturated carbocycles. The fourth-order valence-corrected chi connectivity index (χ4v) is 1.75. The van der Waals surface area contributed by atoms with Gasteiger partial charge in [-0.25, -0.2) is 9.78 Å². The molecule has 0 aliphatic carbocycles. The second kappa shape index (κ2) is 7.78. The zero-order valence-electron chi connectivity index (χ0n) is 12.0. The van der Waals surface area contributed by atoms with Crippen LogP contribution in [-0.4, -0.2) is 41.4 Å². The lowest BCUT2D eigenvalue weighted by Crippen LogP contribution is -2.52. The highest BCUT2D eigenvalue weighted by Crippen LogP contribution is 2.08. The topological polar surface area (TPSA) is 68.2 Å². The summed E-state index contributed by atoms with van der Waals surface area (Å²) < 4.78 is 7.11. The van der Waals surface area contributed by atoms with Crippen molar-refractivity contribution in [2.24, 2.45) is 0 Å². The molecule has 0 aliphatic heterocycles. The summed E-state index contributed by atoms with van der Waals surface area (Å²) in [6.07, 6.45) is 7.12. The zero-order valence-corrected chi connectivity index (χ0v) is 12.0. The molecule has 0 bridgehead atoms. The Labute approximate surface area is 114 Å². The van der Waals surface area contributed by atoms with Crippen molar-refractivity contribution in [1.82, 2.24) is 20.2 Å². The first-order valence-electron chi connectivity index (χ1n) is 6.60. The van der Waals surface area contributed by atoms with Gasteiger partial charge in [-0.1, -0.05) is 6.92 Å². The van der Waals surface area contributed by atoms with Crippen molar-refractivity contribution in [2.75, 3.05) is 20.3 Å². The SMILES string of the molecule is CCC(C)(COC)NC(=O)NCCCn1ccnc1. The van der Waals surface area contributed by atoms with E-state index in [9.17, 15) is 4.79 Å². The van der Waals surface area contributed by atoms with Gasteiger partial charge in [-0.3, -0.25) is 0 Å². The van der Waals surface area contributed by atoms with Crippen LogP contribution >= 0.6 is 0 Å². The van der Waals surface area contributed by atoms with E-state index in [4.69, 9.17) is 4.74 Å². The number of nitrogens with zero attached hydrogens (tertiary/aromatic N) is 2. The van der Waals surface area contributed by atoms with Crippen LogP contribution in [0.4, 0.5) is 4.79 Å². The first-order chi connectivity index (χ1) is 9.09. The Kier molecular flexibility index (Phi) is 6.35. The maximum absolute atomic E-state index is 11.8. The number of aryl methyl sites for hydroxylation is 1. The van der Waals surface area contributed by atoms with Gasteiger partial charge in [0.25, 0.3) is 0 Å². The summed E-state index contributed by atoms with van der Waals surface area (Å²) in [7, 11) is 1.64. The molecule has 6 heteroatoms. The van der Waals surface area contributed by atoms with Crippen LogP contribution in [0.25, 0.3) is 0 Å². The number of imidazole rings is 1. The van der Waals surface area contributed by atoms with Gasteiger partial charge in [0.05, 0.1) is 18.5 Å². The average molecular weight is 268 g/mol. The van der Waals surface area contributed by atoms with Crippen molar-refractivity contribution in [3.8, 4) is 0 Å². The fourth-order valence-electron chi connectivity index (χ4n) is 1.75. The van der Waals surface area contributed by atoms with Gasteiger partial charge in [-0.05, 0) is 19.8 Å². The van der Waals surface area contributed by atoms with Crippen LogP contribution in [0.2, 0.25) is 0 Å². The molecule has 2 N–H and O–H groups in total. The second-order valence-corrected chi connectivity index (χ2v) is 4.88. The number of carbonyl (C=O) groups excluding carboxylic acids is 1. The molecule has 0 saturated heterocycles. The van der Waals surface area contributed by atoms with Crippen molar-refractivity contribution in [3.05, 3.63) is 18.7 Å². The van der Waals surface area contributed by atoms with Crippen LogP contribution < -0.4 is 10.6 Å². The Morgan fingerprint density at radius 3 is 2.89 bits per heavy atom. The monoisotopic (exact) mass is 268 g/mol. The van der Waals surface area contributed by atoms with Crippen molar-refractivity contribution in [3.63, 3.8) is 0 Å². The Morgan fingerprint density at radius 2 is 2.32 bits per heavy atom. The third kappa shape index (κ3) is 5.74. The summed E-state index contributed by atoms with van der Waals surface area (Å²) in [6, 6.07) is -0.146. The number of aromatic nitrogens is 2. The standard InChI is InChI=1S/C13H24N4O2/c1-4-13(2,10-19-3)16-12(18)15-6-5-8-17-9-7-14-11-17/h7,9,11H,4-6,8,10H2,1-3H3,(H2,15,16,18). The van der Waals surface area contributed by atoms with E-state index in [-0.39, 0.29) is 11.6 Å².